The Morgan fingerprint density at radius 2 is 1.64 bits per heavy atom. The summed E-state index contributed by atoms with van der Waals surface area (Å²) >= 11 is 0. The molecule has 0 amide bonds. The van der Waals surface area contributed by atoms with Gasteiger partial charge in [0.1, 0.15) is 5.65 Å². The Hall–Kier alpha value is -2.89. The van der Waals surface area contributed by atoms with Crippen molar-refractivity contribution in [3.8, 4) is 11.1 Å². The van der Waals surface area contributed by atoms with Crippen LogP contribution in [-0.2, 0) is 0 Å². The summed E-state index contributed by atoms with van der Waals surface area (Å²) in [6.45, 7) is 0. The Bertz CT molecular complexity index is 968. The number of hydrogen-bond acceptors (Lipinski definition) is 4. The van der Waals surface area contributed by atoms with Crippen molar-refractivity contribution < 1.29 is 0 Å². The maximum absolute atomic E-state index is 5.58. The van der Waals surface area contributed by atoms with Gasteiger partial charge in [-0.05, 0) is 18.2 Å². The highest BCUT2D eigenvalue weighted by Gasteiger charge is 2.07. The van der Waals surface area contributed by atoms with E-state index >= 15 is 0 Å². The maximum Gasteiger partial charge on any atom is 0.238 e. The largest absolute Gasteiger partial charge is 0.367 e. The van der Waals surface area contributed by atoms with Gasteiger partial charge in [-0.15, -0.1) is 5.10 Å². The van der Waals surface area contributed by atoms with Crippen molar-refractivity contribution in [1.82, 2.24) is 24.0 Å². The molecule has 1 aliphatic rings. The average molecular weight is 334 g/mol. The molecule has 1 aliphatic carbocycles. The van der Waals surface area contributed by atoms with Gasteiger partial charge in [-0.25, -0.2) is 14.5 Å². The quantitative estimate of drug-likeness (QED) is 0.571. The van der Waals surface area contributed by atoms with Gasteiger partial charge >= 0.3 is 0 Å². The molecular weight excluding hydrogens is 312 g/mol. The molecule has 0 aromatic carbocycles. The van der Waals surface area contributed by atoms with Crippen molar-refractivity contribution >= 4 is 17.1 Å². The Morgan fingerprint density at radius 1 is 0.880 bits per heavy atom. The fraction of sp³-hybridized carbons (Fsp3) is 0.316. The molecule has 5 rings (SSSR count). The lowest BCUT2D eigenvalue weighted by Crippen LogP contribution is -1.99. The van der Waals surface area contributed by atoms with Crippen molar-refractivity contribution in [2.24, 2.45) is 0 Å². The first kappa shape index (κ1) is 15.6. The second-order valence-electron chi connectivity index (χ2n) is 6.41. The topological polar surface area (TPSA) is 73.5 Å². The van der Waals surface area contributed by atoms with Gasteiger partial charge in [-0.3, -0.25) is 0 Å². The summed E-state index contributed by atoms with van der Waals surface area (Å²) in [5, 5.41) is 4.14. The lowest BCUT2D eigenvalue weighted by molar-refractivity contribution is 0.504. The summed E-state index contributed by atoms with van der Waals surface area (Å²) in [6.07, 6.45) is 18.3. The number of nitrogens with two attached hydrogens (primary N) is 1. The Labute approximate surface area is 146 Å². The van der Waals surface area contributed by atoms with Crippen LogP contribution in [0.5, 0.6) is 0 Å². The van der Waals surface area contributed by atoms with E-state index in [1.165, 1.54) is 38.5 Å². The summed E-state index contributed by atoms with van der Waals surface area (Å²) < 4.78 is 3.72. The first-order chi connectivity index (χ1) is 12.3. The number of nitrogens with zero attached hydrogens (tertiary/aromatic N) is 5. The van der Waals surface area contributed by atoms with Crippen molar-refractivity contribution in [2.75, 3.05) is 5.73 Å². The van der Waals surface area contributed by atoms with Crippen molar-refractivity contribution in [2.45, 2.75) is 38.5 Å². The van der Waals surface area contributed by atoms with Gasteiger partial charge in [0.15, 0.2) is 0 Å². The molecule has 0 atom stereocenters. The van der Waals surface area contributed by atoms with Gasteiger partial charge in [0, 0.05) is 35.9 Å². The zero-order chi connectivity index (χ0) is 17.1. The molecule has 6 nitrogen and oxygen atoms in total. The molecule has 1 saturated carbocycles. The Kier molecular flexibility index (Phi) is 4.33. The highest BCUT2D eigenvalue weighted by Crippen LogP contribution is 2.25. The molecule has 6 heteroatoms. The van der Waals surface area contributed by atoms with E-state index in [4.69, 9.17) is 5.73 Å². The molecule has 4 aromatic rings. The molecule has 128 valence electrons. The zero-order valence-electron chi connectivity index (χ0n) is 14.2. The average Bonchev–Trinajstić information content (AvgIpc) is 3.29. The van der Waals surface area contributed by atoms with Gasteiger partial charge in [0.2, 0.25) is 5.95 Å². The van der Waals surface area contributed by atoms with E-state index < -0.39 is 0 Å². The van der Waals surface area contributed by atoms with Crippen LogP contribution in [0.3, 0.4) is 0 Å². The summed E-state index contributed by atoms with van der Waals surface area (Å²) in [5.41, 5.74) is 9.58. The molecule has 0 radical (unpaired) electrons. The molecule has 0 bridgehead atoms. The van der Waals surface area contributed by atoms with Crippen molar-refractivity contribution in [1.29, 1.82) is 0 Å². The molecule has 1 fully saturated rings. The minimum atomic E-state index is 0.264. The van der Waals surface area contributed by atoms with Crippen LogP contribution in [0.2, 0.25) is 0 Å². The van der Waals surface area contributed by atoms with Crippen LogP contribution >= 0.6 is 0 Å². The van der Waals surface area contributed by atoms with Gasteiger partial charge in [-0.2, -0.15) is 0 Å². The fourth-order valence-electron chi connectivity index (χ4n) is 3.30. The number of fused-ring (bicyclic) bond motifs is 2. The second kappa shape index (κ2) is 6.93. The molecule has 0 spiro atoms. The van der Waals surface area contributed by atoms with E-state index in [-0.39, 0.29) is 5.95 Å². The highest BCUT2D eigenvalue weighted by molar-refractivity contribution is 5.80. The molecule has 25 heavy (non-hydrogen) atoms. The molecule has 4 aromatic heterocycles. The standard InChI is InChI=1S/C13H10N6.C6H12/c14-13-16-7-11-10(3-5-19(11)17-13)9-1-2-12-15-4-6-18(12)8-9;1-2-4-6-5-3-1/h1-8H,(H2,14,17);1-6H2. The van der Waals surface area contributed by atoms with Crippen molar-refractivity contribution in [3.05, 3.63) is 49.2 Å². The zero-order valence-corrected chi connectivity index (χ0v) is 14.2. The van der Waals surface area contributed by atoms with Gasteiger partial charge in [-0.1, -0.05) is 38.5 Å². The third kappa shape index (κ3) is 3.33. The van der Waals surface area contributed by atoms with E-state index in [2.05, 4.69) is 15.1 Å². The number of anilines is 1. The number of aromatic nitrogens is 5. The number of rotatable bonds is 1. The first-order valence-electron chi connectivity index (χ1n) is 8.84. The Morgan fingerprint density at radius 3 is 2.40 bits per heavy atom. The van der Waals surface area contributed by atoms with Gasteiger partial charge in [0.05, 0.1) is 11.7 Å². The monoisotopic (exact) mass is 334 g/mol. The minimum absolute atomic E-state index is 0.264. The van der Waals surface area contributed by atoms with E-state index in [1.54, 1.807) is 16.9 Å². The molecule has 0 unspecified atom stereocenters. The molecular formula is C19H22N6. The highest BCUT2D eigenvalue weighted by atomic mass is 15.3. The minimum Gasteiger partial charge on any atom is -0.367 e. The lowest BCUT2D eigenvalue weighted by atomic mass is 10.0. The normalized spacial score (nSPS) is 14.4. The fourth-order valence-corrected chi connectivity index (χ4v) is 3.30. The van der Waals surface area contributed by atoms with Crippen LogP contribution < -0.4 is 5.73 Å². The summed E-state index contributed by atoms with van der Waals surface area (Å²) in [5.74, 6) is 0.264. The van der Waals surface area contributed by atoms with Crippen molar-refractivity contribution in [3.63, 3.8) is 0 Å². The number of pyridine rings is 1. The Balaban J connectivity index is 0.000000223. The predicted octanol–water partition coefficient (Wildman–Crippen LogP) is 3.97. The summed E-state index contributed by atoms with van der Waals surface area (Å²) in [7, 11) is 0. The second-order valence-corrected chi connectivity index (χ2v) is 6.41. The van der Waals surface area contributed by atoms with Crippen LogP contribution in [0.4, 0.5) is 5.95 Å². The first-order valence-corrected chi connectivity index (χ1v) is 8.84. The number of hydrogen-bond donors (Lipinski definition) is 1. The lowest BCUT2D eigenvalue weighted by Gasteiger charge is -2.05. The summed E-state index contributed by atoms with van der Waals surface area (Å²) in [4.78, 5) is 8.28. The number of nitrogen functional groups attached to an aromatic ring is 1. The molecule has 0 saturated heterocycles. The van der Waals surface area contributed by atoms with E-state index in [9.17, 15) is 0 Å². The predicted molar refractivity (Wildman–Crippen MR) is 99.3 cm³/mol. The molecule has 0 aliphatic heterocycles. The molecule has 4 heterocycles. The van der Waals surface area contributed by atoms with Crippen LogP contribution in [0.25, 0.3) is 22.3 Å². The van der Waals surface area contributed by atoms with E-state index in [0.29, 0.717) is 0 Å². The van der Waals surface area contributed by atoms with Gasteiger partial charge in [0.25, 0.3) is 0 Å². The van der Waals surface area contributed by atoms with Crippen LogP contribution in [0.15, 0.2) is 49.2 Å². The van der Waals surface area contributed by atoms with E-state index in [0.717, 1.165) is 22.3 Å². The molecule has 2 N–H and O–H groups in total. The SMILES string of the molecule is C1CCCCC1.Nc1ncc2c(-c3ccc4nccn4c3)ccn2n1. The van der Waals surface area contributed by atoms with E-state index in [1.807, 2.05) is 41.2 Å². The summed E-state index contributed by atoms with van der Waals surface area (Å²) in [6, 6.07) is 6.02. The van der Waals surface area contributed by atoms with Gasteiger partial charge < -0.3 is 10.1 Å². The number of imidazole rings is 1. The smallest absolute Gasteiger partial charge is 0.238 e. The maximum atomic E-state index is 5.58. The van der Waals surface area contributed by atoms with Crippen LogP contribution in [-0.4, -0.2) is 24.0 Å². The van der Waals surface area contributed by atoms with Crippen LogP contribution in [0.1, 0.15) is 38.5 Å². The third-order valence-corrected chi connectivity index (χ3v) is 4.63. The third-order valence-electron chi connectivity index (χ3n) is 4.63. The van der Waals surface area contributed by atoms with Crippen LogP contribution in [0, 0.1) is 0 Å².